The Hall–Kier alpha value is -2.24. The highest BCUT2D eigenvalue weighted by Crippen LogP contribution is 2.13. The Morgan fingerprint density at radius 2 is 2.33 bits per heavy atom. The van der Waals surface area contributed by atoms with E-state index in [4.69, 9.17) is 9.52 Å². The standard InChI is InChI=1S/C12H15N3O3/c1-8(2)15-7-9(5-14-15)13-6-10-3-4-11(18-10)12(16)17/h3-5,7-8,13H,6H2,1-2H3,(H,16,17). The Balaban J connectivity index is 1.95. The van der Waals surface area contributed by atoms with Crippen molar-refractivity contribution in [2.75, 3.05) is 5.32 Å². The molecular formula is C12H15N3O3. The van der Waals surface area contributed by atoms with Crippen LogP contribution in [0.3, 0.4) is 0 Å². The molecule has 0 aliphatic rings. The van der Waals surface area contributed by atoms with Crippen molar-refractivity contribution in [1.29, 1.82) is 0 Å². The summed E-state index contributed by atoms with van der Waals surface area (Å²) in [5.41, 5.74) is 0.872. The van der Waals surface area contributed by atoms with Crippen LogP contribution in [0.2, 0.25) is 0 Å². The topological polar surface area (TPSA) is 80.3 Å². The molecule has 0 aliphatic carbocycles. The molecule has 0 bridgehead atoms. The average molecular weight is 249 g/mol. The van der Waals surface area contributed by atoms with Crippen LogP contribution in [0.25, 0.3) is 0 Å². The van der Waals surface area contributed by atoms with Crippen LogP contribution in [-0.2, 0) is 6.54 Å². The van der Waals surface area contributed by atoms with Gasteiger partial charge in [0.2, 0.25) is 5.76 Å². The predicted molar refractivity (Wildman–Crippen MR) is 65.6 cm³/mol. The molecule has 6 nitrogen and oxygen atoms in total. The van der Waals surface area contributed by atoms with Gasteiger partial charge in [-0.3, -0.25) is 4.68 Å². The zero-order valence-corrected chi connectivity index (χ0v) is 10.3. The van der Waals surface area contributed by atoms with Gasteiger partial charge >= 0.3 is 5.97 Å². The van der Waals surface area contributed by atoms with Crippen LogP contribution in [0, 0.1) is 0 Å². The summed E-state index contributed by atoms with van der Waals surface area (Å²) in [4.78, 5) is 10.6. The quantitative estimate of drug-likeness (QED) is 0.850. The minimum atomic E-state index is -1.06. The zero-order chi connectivity index (χ0) is 13.1. The highest BCUT2D eigenvalue weighted by Gasteiger charge is 2.09. The van der Waals surface area contributed by atoms with E-state index >= 15 is 0 Å². The fourth-order valence-electron chi connectivity index (χ4n) is 1.49. The van der Waals surface area contributed by atoms with Crippen molar-refractivity contribution in [2.45, 2.75) is 26.4 Å². The van der Waals surface area contributed by atoms with E-state index in [1.54, 1.807) is 12.3 Å². The van der Waals surface area contributed by atoms with Gasteiger partial charge in [0.05, 0.1) is 18.4 Å². The molecule has 0 saturated carbocycles. The Kier molecular flexibility index (Phi) is 3.36. The number of carbonyl (C=O) groups is 1. The lowest BCUT2D eigenvalue weighted by molar-refractivity contribution is 0.0660. The van der Waals surface area contributed by atoms with Crippen molar-refractivity contribution < 1.29 is 14.3 Å². The van der Waals surface area contributed by atoms with Crippen molar-refractivity contribution in [1.82, 2.24) is 9.78 Å². The summed E-state index contributed by atoms with van der Waals surface area (Å²) >= 11 is 0. The van der Waals surface area contributed by atoms with E-state index in [0.717, 1.165) is 5.69 Å². The monoisotopic (exact) mass is 249 g/mol. The predicted octanol–water partition coefficient (Wildman–Crippen LogP) is 2.37. The number of aromatic carboxylic acids is 1. The third kappa shape index (κ3) is 2.71. The molecule has 2 aromatic rings. The van der Waals surface area contributed by atoms with Crippen LogP contribution in [0.1, 0.15) is 36.2 Å². The molecule has 2 heterocycles. The van der Waals surface area contributed by atoms with Crippen LogP contribution < -0.4 is 5.32 Å². The molecule has 96 valence electrons. The Morgan fingerprint density at radius 3 is 2.89 bits per heavy atom. The summed E-state index contributed by atoms with van der Waals surface area (Å²) in [7, 11) is 0. The molecule has 2 aromatic heterocycles. The van der Waals surface area contributed by atoms with Crippen molar-refractivity contribution in [3.8, 4) is 0 Å². The maximum atomic E-state index is 10.6. The number of carboxylic acid groups (broad SMARTS) is 1. The third-order valence-corrected chi connectivity index (χ3v) is 2.47. The van der Waals surface area contributed by atoms with Crippen LogP contribution >= 0.6 is 0 Å². The number of anilines is 1. The molecule has 6 heteroatoms. The van der Waals surface area contributed by atoms with E-state index in [9.17, 15) is 4.79 Å². The largest absolute Gasteiger partial charge is 0.475 e. The number of aromatic nitrogens is 2. The second-order valence-electron chi connectivity index (χ2n) is 4.23. The van der Waals surface area contributed by atoms with Gasteiger partial charge in [0.25, 0.3) is 0 Å². The number of nitrogens with one attached hydrogen (secondary N) is 1. The second kappa shape index (κ2) is 4.95. The summed E-state index contributed by atoms with van der Waals surface area (Å²) in [5.74, 6) is -0.539. The molecule has 0 aromatic carbocycles. The molecule has 0 fully saturated rings. The molecular weight excluding hydrogens is 234 g/mol. The molecule has 0 amide bonds. The SMILES string of the molecule is CC(C)n1cc(NCc2ccc(C(=O)O)o2)cn1. The number of rotatable bonds is 5. The van der Waals surface area contributed by atoms with Crippen molar-refractivity contribution in [2.24, 2.45) is 0 Å². The number of hydrogen-bond donors (Lipinski definition) is 2. The number of hydrogen-bond acceptors (Lipinski definition) is 4. The maximum Gasteiger partial charge on any atom is 0.371 e. The number of nitrogens with zero attached hydrogens (tertiary/aromatic N) is 2. The van der Waals surface area contributed by atoms with Crippen molar-refractivity contribution in [3.05, 3.63) is 36.0 Å². The first-order chi connectivity index (χ1) is 8.56. The summed E-state index contributed by atoms with van der Waals surface area (Å²) in [6.45, 7) is 4.52. The number of furan rings is 1. The molecule has 0 saturated heterocycles. The minimum absolute atomic E-state index is 0.0512. The molecule has 18 heavy (non-hydrogen) atoms. The van der Waals surface area contributed by atoms with Crippen LogP contribution in [0.5, 0.6) is 0 Å². The lowest BCUT2D eigenvalue weighted by Gasteiger charge is -2.03. The van der Waals surface area contributed by atoms with E-state index in [0.29, 0.717) is 18.3 Å². The minimum Gasteiger partial charge on any atom is -0.475 e. The van der Waals surface area contributed by atoms with E-state index < -0.39 is 5.97 Å². The van der Waals surface area contributed by atoms with Gasteiger partial charge in [-0.05, 0) is 26.0 Å². The van der Waals surface area contributed by atoms with Gasteiger partial charge in [-0.25, -0.2) is 4.79 Å². The van der Waals surface area contributed by atoms with Gasteiger partial charge in [0.15, 0.2) is 0 Å². The lowest BCUT2D eigenvalue weighted by Crippen LogP contribution is -2.00. The maximum absolute atomic E-state index is 10.6. The zero-order valence-electron chi connectivity index (χ0n) is 10.3. The van der Waals surface area contributed by atoms with Gasteiger partial charge in [-0.2, -0.15) is 5.10 Å². The van der Waals surface area contributed by atoms with Crippen LogP contribution in [0.4, 0.5) is 5.69 Å². The Labute approximate surface area is 104 Å². The smallest absolute Gasteiger partial charge is 0.371 e. The fourth-order valence-corrected chi connectivity index (χ4v) is 1.49. The van der Waals surface area contributed by atoms with E-state index in [2.05, 4.69) is 10.4 Å². The van der Waals surface area contributed by atoms with Gasteiger partial charge < -0.3 is 14.8 Å². The highest BCUT2D eigenvalue weighted by molar-refractivity contribution is 5.84. The third-order valence-electron chi connectivity index (χ3n) is 2.47. The molecule has 0 unspecified atom stereocenters. The Bertz CT molecular complexity index is 542. The van der Waals surface area contributed by atoms with E-state index in [1.807, 2.05) is 24.7 Å². The molecule has 0 aliphatic heterocycles. The normalized spacial score (nSPS) is 10.8. The second-order valence-corrected chi connectivity index (χ2v) is 4.23. The molecule has 2 rings (SSSR count). The van der Waals surface area contributed by atoms with Gasteiger partial charge in [0, 0.05) is 12.2 Å². The van der Waals surface area contributed by atoms with Crippen molar-refractivity contribution in [3.63, 3.8) is 0 Å². The van der Waals surface area contributed by atoms with Gasteiger partial charge in [-0.15, -0.1) is 0 Å². The molecule has 0 spiro atoms. The fraction of sp³-hybridized carbons (Fsp3) is 0.333. The highest BCUT2D eigenvalue weighted by atomic mass is 16.4. The first-order valence-electron chi connectivity index (χ1n) is 5.66. The first kappa shape index (κ1) is 12.2. The Morgan fingerprint density at radius 1 is 1.56 bits per heavy atom. The van der Waals surface area contributed by atoms with E-state index in [-0.39, 0.29) is 5.76 Å². The molecule has 0 radical (unpaired) electrons. The molecule has 0 atom stereocenters. The lowest BCUT2D eigenvalue weighted by atomic mass is 10.4. The molecule has 2 N–H and O–H groups in total. The van der Waals surface area contributed by atoms with E-state index in [1.165, 1.54) is 6.07 Å². The average Bonchev–Trinajstić information content (AvgIpc) is 2.95. The van der Waals surface area contributed by atoms with Crippen LogP contribution in [0.15, 0.2) is 28.9 Å². The van der Waals surface area contributed by atoms with Gasteiger partial charge in [-0.1, -0.05) is 0 Å². The summed E-state index contributed by atoms with van der Waals surface area (Å²) < 4.78 is 6.97. The summed E-state index contributed by atoms with van der Waals surface area (Å²) in [6, 6.07) is 3.39. The summed E-state index contributed by atoms with van der Waals surface area (Å²) in [6.07, 6.45) is 3.62. The number of carboxylic acids is 1. The first-order valence-corrected chi connectivity index (χ1v) is 5.66. The van der Waals surface area contributed by atoms with Gasteiger partial charge in [0.1, 0.15) is 5.76 Å². The van der Waals surface area contributed by atoms with Crippen molar-refractivity contribution >= 4 is 11.7 Å². The summed E-state index contributed by atoms with van der Waals surface area (Å²) in [5, 5.41) is 16.0. The van der Waals surface area contributed by atoms with Crippen LogP contribution in [-0.4, -0.2) is 20.9 Å².